The number of nitrogens with one attached hydrogen (secondary N) is 2. The molecule has 1 aromatic rings. The number of hydrogen-bond acceptors (Lipinski definition) is 5. The standard InChI is InChI=1S/C16H23ClN2O5/c17-13-6-4-11(5-7-13)2-1-3-12(8-15(22)19-24)16(23)18-14(9-20)10-21/h4-7,12,14,20-21,24H,1-3,8-10H2,(H,18,23)(H,19,22). The van der Waals surface area contributed by atoms with E-state index in [0.29, 0.717) is 24.3 Å². The van der Waals surface area contributed by atoms with Crippen molar-refractivity contribution in [3.8, 4) is 0 Å². The summed E-state index contributed by atoms with van der Waals surface area (Å²) in [6, 6.07) is 6.59. The first-order valence-corrected chi connectivity index (χ1v) is 8.07. The molecule has 1 rings (SSSR count). The van der Waals surface area contributed by atoms with Crippen LogP contribution in [0.3, 0.4) is 0 Å². The first-order chi connectivity index (χ1) is 11.5. The molecule has 0 spiro atoms. The van der Waals surface area contributed by atoms with Gasteiger partial charge in [0.15, 0.2) is 0 Å². The van der Waals surface area contributed by atoms with Gasteiger partial charge in [-0.1, -0.05) is 23.7 Å². The highest BCUT2D eigenvalue weighted by atomic mass is 35.5. The molecule has 0 radical (unpaired) electrons. The van der Waals surface area contributed by atoms with Gasteiger partial charge in [-0.05, 0) is 37.0 Å². The van der Waals surface area contributed by atoms with Gasteiger partial charge in [-0.2, -0.15) is 0 Å². The minimum Gasteiger partial charge on any atom is -0.394 e. The highest BCUT2D eigenvalue weighted by Crippen LogP contribution is 2.16. The van der Waals surface area contributed by atoms with Crippen LogP contribution in [0.15, 0.2) is 24.3 Å². The van der Waals surface area contributed by atoms with Crippen molar-refractivity contribution in [3.63, 3.8) is 0 Å². The second kappa shape index (κ2) is 11.0. The maximum absolute atomic E-state index is 12.2. The molecule has 134 valence electrons. The highest BCUT2D eigenvalue weighted by Gasteiger charge is 2.23. The Morgan fingerprint density at radius 3 is 2.29 bits per heavy atom. The van der Waals surface area contributed by atoms with Crippen LogP contribution in [0, 0.1) is 5.92 Å². The second-order valence-corrected chi connectivity index (χ2v) is 5.96. The van der Waals surface area contributed by atoms with E-state index in [1.807, 2.05) is 12.1 Å². The van der Waals surface area contributed by atoms with E-state index in [9.17, 15) is 9.59 Å². The maximum atomic E-state index is 12.2. The number of carbonyl (C=O) groups excluding carboxylic acids is 2. The van der Waals surface area contributed by atoms with Crippen LogP contribution in [-0.2, 0) is 16.0 Å². The summed E-state index contributed by atoms with van der Waals surface area (Å²) in [6.45, 7) is -0.794. The Morgan fingerprint density at radius 2 is 1.75 bits per heavy atom. The van der Waals surface area contributed by atoms with Crippen LogP contribution in [-0.4, -0.2) is 46.5 Å². The lowest BCUT2D eigenvalue weighted by atomic mass is 9.95. The average Bonchev–Trinajstić information content (AvgIpc) is 2.59. The number of carbonyl (C=O) groups is 2. The first kappa shape index (κ1) is 20.4. The lowest BCUT2D eigenvalue weighted by molar-refractivity contribution is -0.135. The molecule has 0 heterocycles. The SMILES string of the molecule is O=C(CC(CCCc1ccc(Cl)cc1)C(=O)NC(CO)CO)NO. The van der Waals surface area contributed by atoms with Crippen molar-refractivity contribution in [2.75, 3.05) is 13.2 Å². The van der Waals surface area contributed by atoms with E-state index in [2.05, 4.69) is 5.32 Å². The Balaban J connectivity index is 2.59. The van der Waals surface area contributed by atoms with E-state index >= 15 is 0 Å². The van der Waals surface area contributed by atoms with Crippen molar-refractivity contribution in [1.82, 2.24) is 10.8 Å². The van der Waals surface area contributed by atoms with E-state index in [1.165, 1.54) is 5.48 Å². The smallest absolute Gasteiger partial charge is 0.244 e. The molecule has 0 fully saturated rings. The predicted molar refractivity (Wildman–Crippen MR) is 88.5 cm³/mol. The van der Waals surface area contributed by atoms with Crippen molar-refractivity contribution >= 4 is 23.4 Å². The van der Waals surface area contributed by atoms with Crippen molar-refractivity contribution < 1.29 is 25.0 Å². The largest absolute Gasteiger partial charge is 0.394 e. The van der Waals surface area contributed by atoms with Gasteiger partial charge in [0, 0.05) is 17.4 Å². The monoisotopic (exact) mass is 358 g/mol. The van der Waals surface area contributed by atoms with Crippen LogP contribution < -0.4 is 10.8 Å². The van der Waals surface area contributed by atoms with E-state index < -0.39 is 37.0 Å². The molecule has 1 unspecified atom stereocenters. The molecule has 5 N–H and O–H groups in total. The predicted octanol–water partition coefficient (Wildman–Crippen LogP) is 0.644. The van der Waals surface area contributed by atoms with Gasteiger partial charge in [-0.15, -0.1) is 0 Å². The zero-order valence-electron chi connectivity index (χ0n) is 13.2. The number of benzene rings is 1. The van der Waals surface area contributed by atoms with E-state index in [4.69, 9.17) is 27.0 Å². The Labute approximate surface area is 145 Å². The van der Waals surface area contributed by atoms with Gasteiger partial charge >= 0.3 is 0 Å². The van der Waals surface area contributed by atoms with Crippen LogP contribution in [0.25, 0.3) is 0 Å². The third kappa shape index (κ3) is 7.27. The molecule has 2 amide bonds. The van der Waals surface area contributed by atoms with Gasteiger partial charge in [-0.3, -0.25) is 14.8 Å². The van der Waals surface area contributed by atoms with Crippen molar-refractivity contribution in [1.29, 1.82) is 0 Å². The second-order valence-electron chi connectivity index (χ2n) is 5.53. The van der Waals surface area contributed by atoms with Gasteiger partial charge in [0.25, 0.3) is 0 Å². The van der Waals surface area contributed by atoms with E-state index in [-0.39, 0.29) is 6.42 Å². The fourth-order valence-corrected chi connectivity index (χ4v) is 2.39. The molecular weight excluding hydrogens is 336 g/mol. The molecule has 0 bridgehead atoms. The highest BCUT2D eigenvalue weighted by molar-refractivity contribution is 6.30. The van der Waals surface area contributed by atoms with Gasteiger partial charge in [0.2, 0.25) is 11.8 Å². The van der Waals surface area contributed by atoms with Crippen LogP contribution in [0.1, 0.15) is 24.8 Å². The van der Waals surface area contributed by atoms with Crippen LogP contribution in [0.2, 0.25) is 5.02 Å². The molecule has 0 aliphatic carbocycles. The molecular formula is C16H23ClN2O5. The van der Waals surface area contributed by atoms with Gasteiger partial charge < -0.3 is 15.5 Å². The summed E-state index contributed by atoms with van der Waals surface area (Å²) in [7, 11) is 0. The lowest BCUT2D eigenvalue weighted by Crippen LogP contribution is -2.44. The maximum Gasteiger partial charge on any atom is 0.244 e. The summed E-state index contributed by atoms with van der Waals surface area (Å²) in [5.74, 6) is -1.76. The van der Waals surface area contributed by atoms with Crippen LogP contribution in [0.5, 0.6) is 0 Å². The molecule has 8 heteroatoms. The number of hydroxylamine groups is 1. The van der Waals surface area contributed by atoms with Crippen LogP contribution in [0.4, 0.5) is 0 Å². The summed E-state index contributed by atoms with van der Waals surface area (Å²) >= 11 is 5.82. The topological polar surface area (TPSA) is 119 Å². The molecule has 24 heavy (non-hydrogen) atoms. The summed E-state index contributed by atoms with van der Waals surface area (Å²) < 4.78 is 0. The zero-order valence-corrected chi connectivity index (χ0v) is 14.0. The third-order valence-corrected chi connectivity index (χ3v) is 3.90. The van der Waals surface area contributed by atoms with Gasteiger partial charge in [0.05, 0.1) is 19.3 Å². The van der Waals surface area contributed by atoms with Gasteiger partial charge in [0.1, 0.15) is 0 Å². The first-order valence-electron chi connectivity index (χ1n) is 7.69. The summed E-state index contributed by atoms with van der Waals surface area (Å²) in [5.41, 5.74) is 2.58. The average molecular weight is 359 g/mol. The summed E-state index contributed by atoms with van der Waals surface area (Å²) in [4.78, 5) is 23.6. The normalized spacial score (nSPS) is 12.0. The van der Waals surface area contributed by atoms with E-state index in [0.717, 1.165) is 5.56 Å². The number of aliphatic hydroxyl groups excluding tert-OH is 2. The number of hydrogen-bond donors (Lipinski definition) is 5. The fraction of sp³-hybridized carbons (Fsp3) is 0.500. The minimum absolute atomic E-state index is 0.174. The molecule has 0 saturated carbocycles. The van der Waals surface area contributed by atoms with Gasteiger partial charge in [-0.25, -0.2) is 5.48 Å². The Hall–Kier alpha value is -1.67. The Kier molecular flexibility index (Phi) is 9.33. The molecule has 0 aromatic heterocycles. The van der Waals surface area contributed by atoms with Crippen molar-refractivity contribution in [3.05, 3.63) is 34.9 Å². The molecule has 7 nitrogen and oxygen atoms in total. The summed E-state index contributed by atoms with van der Waals surface area (Å²) in [5, 5.41) is 29.8. The molecule has 0 saturated heterocycles. The molecule has 1 aromatic carbocycles. The number of halogens is 1. The Morgan fingerprint density at radius 1 is 1.12 bits per heavy atom. The molecule has 0 aliphatic heterocycles. The number of amides is 2. The molecule has 0 aliphatic rings. The zero-order chi connectivity index (χ0) is 17.9. The minimum atomic E-state index is -0.770. The molecule has 1 atom stereocenters. The third-order valence-electron chi connectivity index (χ3n) is 3.65. The van der Waals surface area contributed by atoms with E-state index in [1.54, 1.807) is 12.1 Å². The van der Waals surface area contributed by atoms with Crippen molar-refractivity contribution in [2.45, 2.75) is 31.7 Å². The number of aryl methyl sites for hydroxylation is 1. The number of rotatable bonds is 10. The fourth-order valence-electron chi connectivity index (χ4n) is 2.27. The quantitative estimate of drug-likeness (QED) is 0.311. The summed E-state index contributed by atoms with van der Waals surface area (Å²) in [6.07, 6.45) is 1.62. The Bertz CT molecular complexity index is 520. The number of aliphatic hydroxyl groups is 2. The van der Waals surface area contributed by atoms with Crippen molar-refractivity contribution in [2.24, 2.45) is 5.92 Å². The lowest BCUT2D eigenvalue weighted by Gasteiger charge is -2.19. The van der Waals surface area contributed by atoms with Crippen LogP contribution >= 0.6 is 11.6 Å².